The van der Waals surface area contributed by atoms with E-state index in [0.29, 0.717) is 43.1 Å². The first kappa shape index (κ1) is 30.6. The molecule has 1 aromatic heterocycles. The van der Waals surface area contributed by atoms with Gasteiger partial charge < -0.3 is 24.6 Å². The summed E-state index contributed by atoms with van der Waals surface area (Å²) in [7, 11) is 1.67. The molecule has 3 rings (SSSR count). The van der Waals surface area contributed by atoms with Gasteiger partial charge in [0.1, 0.15) is 5.82 Å². The standard InChI is InChI=1S/C24H37FN4O3.2ClH/c1-16(2)15-29(20-11-18(17(3)30)13-26-14-20)24(31)23-27-21-8-7-19(25)12-22(21)28(23)9-5-6-10-32-4;;/h7-8,12,16-18,20,26,30H,5-6,9-11,13-15H2,1-4H3;2*1H/t17?,18-,20-;;/m0../s1. The van der Waals surface area contributed by atoms with Crippen molar-refractivity contribution in [3.63, 3.8) is 0 Å². The highest BCUT2D eigenvalue weighted by Crippen LogP contribution is 2.24. The van der Waals surface area contributed by atoms with E-state index >= 15 is 0 Å². The summed E-state index contributed by atoms with van der Waals surface area (Å²) in [5.41, 5.74) is 1.26. The van der Waals surface area contributed by atoms with Gasteiger partial charge >= 0.3 is 0 Å². The molecule has 0 spiro atoms. The third-order valence-corrected chi connectivity index (χ3v) is 6.19. The lowest BCUT2D eigenvalue weighted by molar-refractivity contribution is 0.0435. The smallest absolute Gasteiger partial charge is 0.290 e. The zero-order valence-corrected chi connectivity index (χ0v) is 22.1. The van der Waals surface area contributed by atoms with Gasteiger partial charge in [0.15, 0.2) is 5.82 Å². The first-order valence-electron chi connectivity index (χ1n) is 11.7. The minimum Gasteiger partial charge on any atom is -0.393 e. The topological polar surface area (TPSA) is 79.6 Å². The minimum atomic E-state index is -0.436. The van der Waals surface area contributed by atoms with Crippen molar-refractivity contribution in [3.8, 4) is 0 Å². The van der Waals surface area contributed by atoms with E-state index < -0.39 is 6.10 Å². The number of aliphatic hydroxyl groups is 1. The molecule has 2 N–H and O–H groups in total. The highest BCUT2D eigenvalue weighted by atomic mass is 35.5. The number of carbonyl (C=O) groups is 1. The van der Waals surface area contributed by atoms with E-state index in [9.17, 15) is 14.3 Å². The van der Waals surface area contributed by atoms with Gasteiger partial charge in [-0.25, -0.2) is 9.37 Å². The van der Waals surface area contributed by atoms with Crippen LogP contribution in [-0.2, 0) is 11.3 Å². The summed E-state index contributed by atoms with van der Waals surface area (Å²) in [6, 6.07) is 4.43. The van der Waals surface area contributed by atoms with Crippen LogP contribution in [-0.4, -0.2) is 71.0 Å². The van der Waals surface area contributed by atoms with Gasteiger partial charge in [-0.15, -0.1) is 24.8 Å². The molecule has 194 valence electrons. The molecule has 0 aliphatic carbocycles. The lowest BCUT2D eigenvalue weighted by atomic mass is 9.90. The summed E-state index contributed by atoms with van der Waals surface area (Å²) in [4.78, 5) is 20.4. The summed E-state index contributed by atoms with van der Waals surface area (Å²) >= 11 is 0. The number of unbranched alkanes of at least 4 members (excludes halogenated alkanes) is 1. The van der Waals surface area contributed by atoms with Crippen molar-refractivity contribution in [3.05, 3.63) is 29.8 Å². The Morgan fingerprint density at radius 1 is 1.29 bits per heavy atom. The quantitative estimate of drug-likeness (QED) is 0.464. The third kappa shape index (κ3) is 7.52. The molecule has 10 heteroatoms. The second-order valence-corrected chi connectivity index (χ2v) is 9.32. The van der Waals surface area contributed by atoms with Crippen LogP contribution in [0.5, 0.6) is 0 Å². The largest absolute Gasteiger partial charge is 0.393 e. The zero-order valence-electron chi connectivity index (χ0n) is 20.5. The molecule has 0 saturated carbocycles. The molecule has 1 aliphatic heterocycles. The molecule has 1 unspecified atom stereocenters. The van der Waals surface area contributed by atoms with Crippen LogP contribution in [0, 0.1) is 17.7 Å². The molecule has 1 aliphatic rings. The number of ether oxygens (including phenoxy) is 1. The Labute approximate surface area is 214 Å². The number of piperidine rings is 1. The monoisotopic (exact) mass is 520 g/mol. The first-order chi connectivity index (χ1) is 15.3. The molecule has 0 radical (unpaired) electrons. The Hall–Kier alpha value is -1.45. The van der Waals surface area contributed by atoms with E-state index in [0.717, 1.165) is 25.8 Å². The number of aryl methyl sites for hydroxylation is 1. The van der Waals surface area contributed by atoms with Crippen LogP contribution in [0.25, 0.3) is 11.0 Å². The molecule has 1 fully saturated rings. The van der Waals surface area contributed by atoms with Gasteiger partial charge in [-0.2, -0.15) is 0 Å². The van der Waals surface area contributed by atoms with E-state index in [1.54, 1.807) is 20.1 Å². The number of fused-ring (bicyclic) bond motifs is 1. The first-order valence-corrected chi connectivity index (χ1v) is 11.7. The number of aromatic nitrogens is 2. The Bertz CT molecular complexity index is 910. The molecule has 2 aromatic rings. The molecular formula is C24H39Cl2FN4O3. The van der Waals surface area contributed by atoms with E-state index in [2.05, 4.69) is 24.1 Å². The summed E-state index contributed by atoms with van der Waals surface area (Å²) < 4.78 is 21.0. The molecule has 7 nitrogen and oxygen atoms in total. The van der Waals surface area contributed by atoms with Crippen molar-refractivity contribution in [1.82, 2.24) is 19.8 Å². The lowest BCUT2D eigenvalue weighted by Gasteiger charge is -2.39. The number of aliphatic hydroxyl groups excluding tert-OH is 1. The number of benzene rings is 1. The van der Waals surface area contributed by atoms with Gasteiger partial charge in [-0.05, 0) is 56.2 Å². The second-order valence-electron chi connectivity index (χ2n) is 9.32. The van der Waals surface area contributed by atoms with E-state index in [1.165, 1.54) is 12.1 Å². The van der Waals surface area contributed by atoms with Crippen LogP contribution in [0.2, 0.25) is 0 Å². The molecule has 1 amide bonds. The zero-order chi connectivity index (χ0) is 23.3. The van der Waals surface area contributed by atoms with Crippen molar-refractivity contribution in [1.29, 1.82) is 0 Å². The van der Waals surface area contributed by atoms with Crippen LogP contribution >= 0.6 is 24.8 Å². The SMILES string of the molecule is COCCCCn1c(C(=O)N(CC(C)C)[C@@H]2CNC[C@@H](C(C)O)C2)nc2ccc(F)cc21.Cl.Cl. The van der Waals surface area contributed by atoms with Crippen molar-refractivity contribution >= 4 is 41.8 Å². The van der Waals surface area contributed by atoms with Crippen molar-refractivity contribution in [2.75, 3.05) is 33.4 Å². The lowest BCUT2D eigenvalue weighted by Crippen LogP contribution is -2.54. The third-order valence-electron chi connectivity index (χ3n) is 6.19. The van der Waals surface area contributed by atoms with Gasteiger partial charge in [-0.3, -0.25) is 4.79 Å². The number of hydrogen-bond donors (Lipinski definition) is 2. The molecular weight excluding hydrogens is 482 g/mol. The normalized spacial score (nSPS) is 18.9. The molecule has 0 bridgehead atoms. The van der Waals surface area contributed by atoms with Crippen LogP contribution in [0.4, 0.5) is 4.39 Å². The van der Waals surface area contributed by atoms with Crippen LogP contribution in [0.15, 0.2) is 18.2 Å². The number of imidazole rings is 1. The Balaban J connectivity index is 0.00000289. The number of rotatable bonds is 10. The van der Waals surface area contributed by atoms with Crippen molar-refractivity contribution < 1.29 is 19.0 Å². The number of methoxy groups -OCH3 is 1. The highest BCUT2D eigenvalue weighted by molar-refractivity contribution is 5.95. The Morgan fingerprint density at radius 3 is 2.68 bits per heavy atom. The second kappa shape index (κ2) is 14.2. The summed E-state index contributed by atoms with van der Waals surface area (Å²) in [5, 5.41) is 13.5. The van der Waals surface area contributed by atoms with Crippen molar-refractivity contribution in [2.45, 2.75) is 58.7 Å². The fraction of sp³-hybridized carbons (Fsp3) is 0.667. The van der Waals surface area contributed by atoms with Crippen LogP contribution in [0.1, 0.15) is 50.7 Å². The molecule has 1 saturated heterocycles. The Morgan fingerprint density at radius 2 is 2.03 bits per heavy atom. The number of amides is 1. The summed E-state index contributed by atoms with van der Waals surface area (Å²) in [6.45, 7) is 9.21. The van der Waals surface area contributed by atoms with Gasteiger partial charge in [0.2, 0.25) is 0 Å². The number of carbonyl (C=O) groups excluding carboxylic acids is 1. The highest BCUT2D eigenvalue weighted by Gasteiger charge is 2.34. The van der Waals surface area contributed by atoms with E-state index in [-0.39, 0.29) is 54.4 Å². The maximum Gasteiger partial charge on any atom is 0.290 e. The molecule has 34 heavy (non-hydrogen) atoms. The van der Waals surface area contributed by atoms with Crippen molar-refractivity contribution in [2.24, 2.45) is 11.8 Å². The maximum atomic E-state index is 14.0. The average molecular weight is 522 g/mol. The predicted octanol–water partition coefficient (Wildman–Crippen LogP) is 3.90. The number of hydrogen-bond acceptors (Lipinski definition) is 5. The number of nitrogens with zero attached hydrogens (tertiary/aromatic N) is 3. The summed E-state index contributed by atoms with van der Waals surface area (Å²) in [5.74, 6) is 0.244. The molecule has 2 heterocycles. The van der Waals surface area contributed by atoms with Gasteiger partial charge in [0.05, 0.1) is 17.1 Å². The van der Waals surface area contributed by atoms with Gasteiger partial charge in [-0.1, -0.05) is 13.8 Å². The van der Waals surface area contributed by atoms with E-state index in [1.807, 2.05) is 9.47 Å². The van der Waals surface area contributed by atoms with Gasteiger partial charge in [0.25, 0.3) is 5.91 Å². The maximum absolute atomic E-state index is 14.0. The number of nitrogens with one attached hydrogen (secondary N) is 1. The van der Waals surface area contributed by atoms with Gasteiger partial charge in [0, 0.05) is 45.9 Å². The average Bonchev–Trinajstić information content (AvgIpc) is 3.12. The summed E-state index contributed by atoms with van der Waals surface area (Å²) in [6.07, 6.45) is 1.95. The fourth-order valence-corrected chi connectivity index (χ4v) is 4.48. The molecule has 3 atom stereocenters. The number of halogens is 3. The molecule has 1 aromatic carbocycles. The Kier molecular flexibility index (Phi) is 12.8. The van der Waals surface area contributed by atoms with Crippen LogP contribution in [0.3, 0.4) is 0 Å². The fourth-order valence-electron chi connectivity index (χ4n) is 4.48. The predicted molar refractivity (Wildman–Crippen MR) is 138 cm³/mol. The van der Waals surface area contributed by atoms with Crippen LogP contribution < -0.4 is 5.32 Å². The minimum absolute atomic E-state index is 0. The van der Waals surface area contributed by atoms with E-state index in [4.69, 9.17) is 4.74 Å².